The molecule has 0 bridgehead atoms. The Balaban J connectivity index is 1.46. The summed E-state index contributed by atoms with van der Waals surface area (Å²) in [5.74, 6) is 0.190. The van der Waals surface area contributed by atoms with Crippen molar-refractivity contribution in [1.29, 1.82) is 0 Å². The SMILES string of the molecule is Cc1cccc(N2CCN(C(=O)c3c4c(nc5ccc(C)cc35)CCCC4)CC2)c1. The minimum Gasteiger partial charge on any atom is -0.368 e. The number of pyridine rings is 1. The summed E-state index contributed by atoms with van der Waals surface area (Å²) < 4.78 is 0. The molecule has 0 saturated carbocycles. The molecule has 2 aromatic carbocycles. The van der Waals surface area contributed by atoms with E-state index in [0.717, 1.165) is 67.6 Å². The molecule has 1 aliphatic heterocycles. The Hall–Kier alpha value is -2.88. The van der Waals surface area contributed by atoms with Crippen LogP contribution in [0.5, 0.6) is 0 Å². The van der Waals surface area contributed by atoms with Crippen LogP contribution in [0.15, 0.2) is 42.5 Å². The summed E-state index contributed by atoms with van der Waals surface area (Å²) in [7, 11) is 0. The van der Waals surface area contributed by atoms with Crippen molar-refractivity contribution >= 4 is 22.5 Å². The molecular weight excluding hydrogens is 370 g/mol. The third-order valence-electron chi connectivity index (χ3n) is 6.56. The van der Waals surface area contributed by atoms with Crippen molar-refractivity contribution in [3.05, 3.63) is 70.4 Å². The fraction of sp³-hybridized carbons (Fsp3) is 0.385. The third-order valence-corrected chi connectivity index (χ3v) is 6.56. The van der Waals surface area contributed by atoms with Crippen LogP contribution in [0.4, 0.5) is 5.69 Å². The average Bonchev–Trinajstić information content (AvgIpc) is 2.77. The molecular formula is C26H29N3O. The van der Waals surface area contributed by atoms with Crippen LogP contribution in [-0.4, -0.2) is 42.0 Å². The highest BCUT2D eigenvalue weighted by atomic mass is 16.2. The number of anilines is 1. The van der Waals surface area contributed by atoms with Crippen LogP contribution in [0.2, 0.25) is 0 Å². The Labute approximate surface area is 178 Å². The summed E-state index contributed by atoms with van der Waals surface area (Å²) >= 11 is 0. The van der Waals surface area contributed by atoms with Gasteiger partial charge in [0.2, 0.25) is 0 Å². The predicted molar refractivity (Wildman–Crippen MR) is 122 cm³/mol. The van der Waals surface area contributed by atoms with Crippen LogP contribution < -0.4 is 4.90 Å². The van der Waals surface area contributed by atoms with Gasteiger partial charge in [-0.3, -0.25) is 9.78 Å². The maximum Gasteiger partial charge on any atom is 0.255 e. The summed E-state index contributed by atoms with van der Waals surface area (Å²) in [5, 5.41) is 1.03. The molecule has 0 spiro atoms. The van der Waals surface area contributed by atoms with E-state index in [-0.39, 0.29) is 5.91 Å². The minimum atomic E-state index is 0.190. The topological polar surface area (TPSA) is 36.4 Å². The van der Waals surface area contributed by atoms with E-state index in [2.05, 4.69) is 66.1 Å². The molecule has 0 atom stereocenters. The Morgan fingerprint density at radius 2 is 1.67 bits per heavy atom. The second-order valence-electron chi connectivity index (χ2n) is 8.76. The van der Waals surface area contributed by atoms with Crippen LogP contribution in [0, 0.1) is 13.8 Å². The molecule has 154 valence electrons. The average molecular weight is 400 g/mol. The molecule has 0 radical (unpaired) electrons. The Morgan fingerprint density at radius 3 is 2.47 bits per heavy atom. The normalized spacial score (nSPS) is 16.6. The standard InChI is InChI=1S/C26H29N3O/c1-18-6-5-7-20(16-18)28-12-14-29(15-13-28)26(30)25-21-8-3-4-9-23(21)27-24-11-10-19(2)17-22(24)25/h5-7,10-11,16-17H,3-4,8-9,12-15H2,1-2H3. The molecule has 3 aromatic rings. The van der Waals surface area contributed by atoms with Crippen molar-refractivity contribution in [2.45, 2.75) is 39.5 Å². The monoisotopic (exact) mass is 399 g/mol. The highest BCUT2D eigenvalue weighted by Gasteiger charge is 2.28. The molecule has 0 N–H and O–H groups in total. The highest BCUT2D eigenvalue weighted by Crippen LogP contribution is 2.31. The summed E-state index contributed by atoms with van der Waals surface area (Å²) in [6, 6.07) is 15.0. The van der Waals surface area contributed by atoms with Gasteiger partial charge < -0.3 is 9.80 Å². The molecule has 2 aliphatic rings. The molecule has 2 heterocycles. The largest absolute Gasteiger partial charge is 0.368 e. The van der Waals surface area contributed by atoms with Crippen LogP contribution in [-0.2, 0) is 12.8 Å². The number of amides is 1. The zero-order valence-electron chi connectivity index (χ0n) is 17.9. The molecule has 1 saturated heterocycles. The van der Waals surface area contributed by atoms with E-state index in [1.807, 2.05) is 0 Å². The molecule has 30 heavy (non-hydrogen) atoms. The Kier molecular flexibility index (Phi) is 4.93. The van der Waals surface area contributed by atoms with E-state index in [1.165, 1.54) is 28.8 Å². The van der Waals surface area contributed by atoms with Gasteiger partial charge in [-0.2, -0.15) is 0 Å². The van der Waals surface area contributed by atoms with Gasteiger partial charge in [0.05, 0.1) is 11.1 Å². The van der Waals surface area contributed by atoms with E-state index in [4.69, 9.17) is 4.98 Å². The van der Waals surface area contributed by atoms with Crippen molar-refractivity contribution in [2.75, 3.05) is 31.1 Å². The number of rotatable bonds is 2. The molecule has 0 unspecified atom stereocenters. The minimum absolute atomic E-state index is 0.190. The molecule has 1 aromatic heterocycles. The van der Waals surface area contributed by atoms with Gasteiger partial charge in [0.15, 0.2) is 0 Å². The number of carbonyl (C=O) groups is 1. The number of benzene rings is 2. The van der Waals surface area contributed by atoms with Gasteiger partial charge in [-0.25, -0.2) is 0 Å². The summed E-state index contributed by atoms with van der Waals surface area (Å²) in [5.41, 5.74) is 7.93. The van der Waals surface area contributed by atoms with E-state index in [1.54, 1.807) is 0 Å². The van der Waals surface area contributed by atoms with Crippen LogP contribution in [0.25, 0.3) is 10.9 Å². The van der Waals surface area contributed by atoms with Crippen molar-refractivity contribution in [3.8, 4) is 0 Å². The van der Waals surface area contributed by atoms with Gasteiger partial charge in [0.1, 0.15) is 0 Å². The van der Waals surface area contributed by atoms with Gasteiger partial charge >= 0.3 is 0 Å². The van der Waals surface area contributed by atoms with Gasteiger partial charge in [0, 0.05) is 42.9 Å². The molecule has 4 nitrogen and oxygen atoms in total. The summed E-state index contributed by atoms with van der Waals surface area (Å²) in [6.45, 7) is 7.49. The molecule has 1 aliphatic carbocycles. The number of carbonyl (C=O) groups excluding carboxylic acids is 1. The second kappa shape index (κ2) is 7.75. The number of aromatic nitrogens is 1. The molecule has 1 amide bonds. The van der Waals surface area contributed by atoms with Crippen LogP contribution in [0.3, 0.4) is 0 Å². The van der Waals surface area contributed by atoms with Crippen molar-refractivity contribution in [1.82, 2.24) is 9.88 Å². The molecule has 4 heteroatoms. The number of fused-ring (bicyclic) bond motifs is 2. The molecule has 1 fully saturated rings. The maximum absolute atomic E-state index is 13.8. The first-order valence-electron chi connectivity index (χ1n) is 11.1. The second-order valence-corrected chi connectivity index (χ2v) is 8.76. The van der Waals surface area contributed by atoms with Gasteiger partial charge in [0.25, 0.3) is 5.91 Å². The van der Waals surface area contributed by atoms with Gasteiger partial charge in [-0.1, -0.05) is 23.8 Å². The van der Waals surface area contributed by atoms with Crippen molar-refractivity contribution in [2.24, 2.45) is 0 Å². The number of piperazine rings is 1. The fourth-order valence-corrected chi connectivity index (χ4v) is 4.93. The Morgan fingerprint density at radius 1 is 0.900 bits per heavy atom. The first-order chi connectivity index (χ1) is 14.6. The van der Waals surface area contributed by atoms with E-state index in [9.17, 15) is 4.79 Å². The Bertz CT molecular complexity index is 1110. The number of hydrogen-bond acceptors (Lipinski definition) is 3. The van der Waals surface area contributed by atoms with Gasteiger partial charge in [-0.15, -0.1) is 0 Å². The molecule has 5 rings (SSSR count). The quantitative estimate of drug-likeness (QED) is 0.627. The predicted octanol–water partition coefficient (Wildman–Crippen LogP) is 4.69. The van der Waals surface area contributed by atoms with Crippen molar-refractivity contribution in [3.63, 3.8) is 0 Å². The highest BCUT2D eigenvalue weighted by molar-refractivity contribution is 6.08. The van der Waals surface area contributed by atoms with E-state index in [0.29, 0.717) is 0 Å². The number of hydrogen-bond donors (Lipinski definition) is 0. The van der Waals surface area contributed by atoms with E-state index < -0.39 is 0 Å². The van der Waals surface area contributed by atoms with Crippen LogP contribution >= 0.6 is 0 Å². The summed E-state index contributed by atoms with van der Waals surface area (Å²) in [6.07, 6.45) is 4.27. The third kappa shape index (κ3) is 3.45. The maximum atomic E-state index is 13.8. The van der Waals surface area contributed by atoms with Crippen LogP contribution in [0.1, 0.15) is 45.6 Å². The van der Waals surface area contributed by atoms with E-state index >= 15 is 0 Å². The van der Waals surface area contributed by atoms with Crippen molar-refractivity contribution < 1.29 is 4.79 Å². The lowest BCUT2D eigenvalue weighted by atomic mass is 9.89. The zero-order valence-corrected chi connectivity index (χ0v) is 17.9. The smallest absolute Gasteiger partial charge is 0.255 e. The zero-order chi connectivity index (χ0) is 20.7. The lowest BCUT2D eigenvalue weighted by Gasteiger charge is -2.37. The summed E-state index contributed by atoms with van der Waals surface area (Å²) in [4.78, 5) is 23.1. The first kappa shape index (κ1) is 19.1. The first-order valence-corrected chi connectivity index (χ1v) is 11.1. The van der Waals surface area contributed by atoms with Gasteiger partial charge in [-0.05, 0) is 74.9 Å². The lowest BCUT2D eigenvalue weighted by Crippen LogP contribution is -2.49. The fourth-order valence-electron chi connectivity index (χ4n) is 4.93. The lowest BCUT2D eigenvalue weighted by molar-refractivity contribution is 0.0747. The number of aryl methyl sites for hydroxylation is 3. The number of nitrogens with zero attached hydrogens (tertiary/aromatic N) is 3.